The Balaban J connectivity index is 1.48. The van der Waals surface area contributed by atoms with E-state index in [2.05, 4.69) is 79.7 Å². The molecule has 5 aromatic rings. The Bertz CT molecular complexity index is 1530. The number of rotatable bonds is 6. The van der Waals surface area contributed by atoms with Crippen molar-refractivity contribution < 1.29 is 0 Å². The fourth-order valence-corrected chi connectivity index (χ4v) is 4.46. The van der Waals surface area contributed by atoms with Gasteiger partial charge in [0.05, 0.1) is 5.71 Å². The lowest BCUT2D eigenvalue weighted by Crippen LogP contribution is -2.00. The summed E-state index contributed by atoms with van der Waals surface area (Å²) in [6.07, 6.45) is 2.16. The van der Waals surface area contributed by atoms with Crippen LogP contribution < -0.4 is 5.73 Å². The molecule has 5 rings (SSSR count). The van der Waals surface area contributed by atoms with Crippen molar-refractivity contribution in [3.63, 3.8) is 0 Å². The van der Waals surface area contributed by atoms with Gasteiger partial charge in [0.2, 0.25) is 0 Å². The van der Waals surface area contributed by atoms with E-state index >= 15 is 0 Å². The third kappa shape index (κ3) is 4.89. The van der Waals surface area contributed by atoms with Gasteiger partial charge in [0, 0.05) is 16.8 Å². The van der Waals surface area contributed by atoms with E-state index in [0.29, 0.717) is 5.71 Å². The zero-order chi connectivity index (χ0) is 24.9. The van der Waals surface area contributed by atoms with Gasteiger partial charge in [-0.15, -0.1) is 0 Å². The smallest absolute Gasteiger partial charge is 0.0684 e. The second-order valence-corrected chi connectivity index (χ2v) is 8.90. The van der Waals surface area contributed by atoms with Crippen molar-refractivity contribution in [1.29, 1.82) is 5.41 Å². The maximum absolute atomic E-state index is 8.53. The first-order valence-corrected chi connectivity index (χ1v) is 12.1. The molecule has 0 aliphatic rings. The maximum atomic E-state index is 8.53. The Hall–Kier alpha value is -4.69. The van der Waals surface area contributed by atoms with Crippen LogP contribution in [0.15, 0.2) is 127 Å². The molecule has 0 atom stereocenters. The second-order valence-electron chi connectivity index (χ2n) is 8.90. The highest BCUT2D eigenvalue weighted by Crippen LogP contribution is 2.33. The van der Waals surface area contributed by atoms with Gasteiger partial charge in [0.15, 0.2) is 0 Å². The van der Waals surface area contributed by atoms with E-state index in [4.69, 9.17) is 11.1 Å². The topological polar surface area (TPSA) is 49.9 Å². The molecule has 5 aromatic carbocycles. The summed E-state index contributed by atoms with van der Waals surface area (Å²) in [5.41, 5.74) is 17.4. The highest BCUT2D eigenvalue weighted by atomic mass is 14.6. The van der Waals surface area contributed by atoms with Crippen LogP contribution in [0.25, 0.3) is 33.9 Å². The molecule has 0 aromatic heterocycles. The Morgan fingerprint density at radius 2 is 1.14 bits per heavy atom. The summed E-state index contributed by atoms with van der Waals surface area (Å²) in [7, 11) is 0. The number of hydrogen-bond acceptors (Lipinski definition) is 2. The normalized spacial score (nSPS) is 11.3. The molecule has 0 unspecified atom stereocenters. The molecule has 0 fully saturated rings. The molecule has 3 N–H and O–H groups in total. The molecule has 2 nitrogen and oxygen atoms in total. The molecule has 0 saturated heterocycles. The summed E-state index contributed by atoms with van der Waals surface area (Å²) in [6, 6.07) is 43.1. The number of nitrogens with two attached hydrogens (primary N) is 1. The van der Waals surface area contributed by atoms with Gasteiger partial charge in [0.25, 0.3) is 0 Å². The average Bonchev–Trinajstić information content (AvgIpc) is 2.95. The number of anilines is 1. The van der Waals surface area contributed by atoms with Crippen LogP contribution in [0, 0.1) is 5.41 Å². The van der Waals surface area contributed by atoms with Crippen LogP contribution in [0.2, 0.25) is 0 Å². The minimum atomic E-state index is 0.525. The molecule has 0 spiro atoms. The van der Waals surface area contributed by atoms with Crippen molar-refractivity contribution in [2.45, 2.75) is 6.92 Å². The fraction of sp³-hybridized carbons (Fsp3) is 0.0294. The molecule has 0 amide bonds. The van der Waals surface area contributed by atoms with E-state index in [1.54, 1.807) is 0 Å². The monoisotopic (exact) mass is 464 g/mol. The van der Waals surface area contributed by atoms with E-state index in [9.17, 15) is 0 Å². The van der Waals surface area contributed by atoms with E-state index < -0.39 is 0 Å². The standard InChI is InChI=1S/C34H28N2/c1-24(25-18-20-28(21-19-25)34(36)27-12-6-3-7-13-27)22-32-31(16-9-17-33(32)35)30-15-8-14-29(23-30)26-10-4-2-5-11-26/h2-23,36H,35H2,1H3/b24-22+,36-34?. The Morgan fingerprint density at radius 1 is 0.583 bits per heavy atom. The highest BCUT2D eigenvalue weighted by Gasteiger charge is 2.10. The Kier molecular flexibility index (Phi) is 6.59. The lowest BCUT2D eigenvalue weighted by molar-refractivity contribution is 1.45. The first-order valence-electron chi connectivity index (χ1n) is 12.1. The lowest BCUT2D eigenvalue weighted by Gasteiger charge is -2.13. The summed E-state index contributed by atoms with van der Waals surface area (Å²) in [5, 5.41) is 8.53. The average molecular weight is 465 g/mol. The third-order valence-corrected chi connectivity index (χ3v) is 6.47. The summed E-state index contributed by atoms with van der Waals surface area (Å²) >= 11 is 0. The highest BCUT2D eigenvalue weighted by molar-refractivity contribution is 6.11. The molecule has 0 heterocycles. The summed E-state index contributed by atoms with van der Waals surface area (Å²) in [6.45, 7) is 2.11. The van der Waals surface area contributed by atoms with E-state index in [1.165, 1.54) is 11.1 Å². The summed E-state index contributed by atoms with van der Waals surface area (Å²) < 4.78 is 0. The van der Waals surface area contributed by atoms with Crippen molar-refractivity contribution in [3.8, 4) is 22.3 Å². The van der Waals surface area contributed by atoms with Crippen LogP contribution in [0.1, 0.15) is 29.2 Å². The first-order chi connectivity index (χ1) is 17.6. The van der Waals surface area contributed by atoms with Crippen molar-refractivity contribution in [1.82, 2.24) is 0 Å². The number of allylic oxidation sites excluding steroid dienone is 1. The first kappa shape index (κ1) is 23.1. The van der Waals surface area contributed by atoms with Gasteiger partial charge in [-0.3, -0.25) is 5.41 Å². The van der Waals surface area contributed by atoms with Crippen LogP contribution >= 0.6 is 0 Å². The van der Waals surface area contributed by atoms with Crippen LogP contribution in [-0.2, 0) is 0 Å². The third-order valence-electron chi connectivity index (χ3n) is 6.47. The predicted molar refractivity (Wildman–Crippen MR) is 154 cm³/mol. The minimum absolute atomic E-state index is 0.525. The van der Waals surface area contributed by atoms with Crippen molar-refractivity contribution in [3.05, 3.63) is 150 Å². The van der Waals surface area contributed by atoms with Crippen molar-refractivity contribution in [2.24, 2.45) is 0 Å². The molecule has 2 heteroatoms. The van der Waals surface area contributed by atoms with Crippen molar-refractivity contribution in [2.75, 3.05) is 5.73 Å². The molecular formula is C34H28N2. The maximum Gasteiger partial charge on any atom is 0.0684 e. The van der Waals surface area contributed by atoms with Crippen LogP contribution in [0.5, 0.6) is 0 Å². The van der Waals surface area contributed by atoms with Gasteiger partial charge in [-0.2, -0.15) is 0 Å². The number of hydrogen-bond donors (Lipinski definition) is 2. The number of nitrogen functional groups attached to an aromatic ring is 1. The van der Waals surface area contributed by atoms with Gasteiger partial charge in [-0.25, -0.2) is 0 Å². The van der Waals surface area contributed by atoms with Crippen LogP contribution in [0.4, 0.5) is 5.69 Å². The molecule has 174 valence electrons. The van der Waals surface area contributed by atoms with E-state index in [1.807, 2.05) is 60.7 Å². The quantitative estimate of drug-likeness (QED) is 0.148. The second kappa shape index (κ2) is 10.3. The Labute approximate surface area is 212 Å². The lowest BCUT2D eigenvalue weighted by atomic mass is 9.93. The van der Waals surface area contributed by atoms with Crippen LogP contribution in [0.3, 0.4) is 0 Å². The van der Waals surface area contributed by atoms with Gasteiger partial charge in [-0.1, -0.05) is 115 Å². The van der Waals surface area contributed by atoms with Crippen LogP contribution in [-0.4, -0.2) is 5.71 Å². The van der Waals surface area contributed by atoms with Crippen molar-refractivity contribution >= 4 is 23.0 Å². The molecular weight excluding hydrogens is 436 g/mol. The molecule has 0 radical (unpaired) electrons. The number of nitrogens with one attached hydrogen (secondary N) is 1. The summed E-state index contributed by atoms with van der Waals surface area (Å²) in [4.78, 5) is 0. The van der Waals surface area contributed by atoms with Gasteiger partial charge < -0.3 is 5.73 Å². The SMILES string of the molecule is C/C(=C\c1c(N)cccc1-c1cccc(-c2ccccc2)c1)c1ccc(C(=N)c2ccccc2)cc1. The molecule has 0 bridgehead atoms. The molecule has 36 heavy (non-hydrogen) atoms. The minimum Gasteiger partial charge on any atom is -0.398 e. The molecule has 0 aliphatic heterocycles. The predicted octanol–water partition coefficient (Wildman–Crippen LogP) is 8.58. The molecule has 0 saturated carbocycles. The largest absolute Gasteiger partial charge is 0.398 e. The van der Waals surface area contributed by atoms with E-state index in [0.717, 1.165) is 44.6 Å². The van der Waals surface area contributed by atoms with Gasteiger partial charge in [-0.05, 0) is 64.1 Å². The van der Waals surface area contributed by atoms with Gasteiger partial charge >= 0.3 is 0 Å². The van der Waals surface area contributed by atoms with Gasteiger partial charge in [0.1, 0.15) is 0 Å². The zero-order valence-electron chi connectivity index (χ0n) is 20.3. The molecule has 0 aliphatic carbocycles. The number of benzene rings is 5. The van der Waals surface area contributed by atoms with E-state index in [-0.39, 0.29) is 0 Å². The summed E-state index contributed by atoms with van der Waals surface area (Å²) in [5.74, 6) is 0. The zero-order valence-corrected chi connectivity index (χ0v) is 20.3. The fourth-order valence-electron chi connectivity index (χ4n) is 4.46. The Morgan fingerprint density at radius 3 is 1.86 bits per heavy atom.